The summed E-state index contributed by atoms with van der Waals surface area (Å²) < 4.78 is 9.03. The lowest BCUT2D eigenvalue weighted by Crippen LogP contribution is -2.15. The number of hydrogen-bond donors (Lipinski definition) is 1. The van der Waals surface area contributed by atoms with Crippen LogP contribution in [-0.2, 0) is 4.79 Å². The lowest BCUT2D eigenvalue weighted by molar-refractivity contribution is -0.113. The maximum atomic E-state index is 12.3. The van der Waals surface area contributed by atoms with E-state index >= 15 is 0 Å². The first-order valence-electron chi connectivity index (χ1n) is 8.12. The lowest BCUT2D eigenvalue weighted by atomic mass is 10.3. The lowest BCUT2D eigenvalue weighted by Gasteiger charge is -2.10. The van der Waals surface area contributed by atoms with Gasteiger partial charge in [0.05, 0.1) is 12.0 Å². The predicted molar refractivity (Wildman–Crippen MR) is 109 cm³/mol. The minimum atomic E-state index is -0.218. The van der Waals surface area contributed by atoms with Gasteiger partial charge in [0.15, 0.2) is 5.76 Å². The summed E-state index contributed by atoms with van der Waals surface area (Å²) in [5.74, 6) is 1.02. The first kappa shape index (κ1) is 18.7. The van der Waals surface area contributed by atoms with E-state index in [-0.39, 0.29) is 11.7 Å². The van der Waals surface area contributed by atoms with Crippen LogP contribution in [0.25, 0.3) is 11.6 Å². The Morgan fingerprint density at radius 3 is 2.54 bits per heavy atom. The van der Waals surface area contributed by atoms with Crippen molar-refractivity contribution >= 4 is 46.6 Å². The average molecular weight is 434 g/mol. The fourth-order valence-electron chi connectivity index (χ4n) is 2.53. The standard InChI is InChI=1S/C18H13Cl2N5O2S/c19-12-8-13(20)10-14(9-12)21-16(26)11-28-18-23-22-17(15-4-3-7-27-15)25(18)24-5-1-2-6-24/h1-10H,11H2,(H,21,26). The number of anilines is 1. The molecule has 0 aliphatic carbocycles. The van der Waals surface area contributed by atoms with Crippen LogP contribution >= 0.6 is 35.0 Å². The van der Waals surface area contributed by atoms with Crippen molar-refractivity contribution in [1.29, 1.82) is 0 Å². The Bertz CT molecular complexity index is 1070. The molecule has 0 bridgehead atoms. The van der Waals surface area contributed by atoms with Gasteiger partial charge in [0.25, 0.3) is 0 Å². The molecule has 28 heavy (non-hydrogen) atoms. The van der Waals surface area contributed by atoms with Crippen molar-refractivity contribution in [3.05, 3.63) is 71.2 Å². The van der Waals surface area contributed by atoms with Crippen LogP contribution in [0.5, 0.6) is 0 Å². The maximum Gasteiger partial charge on any atom is 0.234 e. The number of aromatic nitrogens is 4. The number of hydrogen-bond acceptors (Lipinski definition) is 5. The number of halogens is 2. The van der Waals surface area contributed by atoms with Gasteiger partial charge in [0, 0.05) is 28.1 Å². The summed E-state index contributed by atoms with van der Waals surface area (Å²) in [4.78, 5) is 12.3. The van der Waals surface area contributed by atoms with Gasteiger partial charge in [-0.15, -0.1) is 10.2 Å². The first-order chi connectivity index (χ1) is 13.6. The topological polar surface area (TPSA) is 77.9 Å². The molecule has 1 amide bonds. The Morgan fingerprint density at radius 1 is 1.11 bits per heavy atom. The summed E-state index contributed by atoms with van der Waals surface area (Å²) >= 11 is 13.2. The van der Waals surface area contributed by atoms with Crippen LogP contribution in [0, 0.1) is 0 Å². The van der Waals surface area contributed by atoms with Gasteiger partial charge >= 0.3 is 0 Å². The predicted octanol–water partition coefficient (Wildman–Crippen LogP) is 4.69. The second kappa shape index (κ2) is 8.14. The molecule has 4 aromatic rings. The van der Waals surface area contributed by atoms with Crippen LogP contribution in [-0.4, -0.2) is 31.2 Å². The zero-order valence-corrected chi connectivity index (χ0v) is 16.6. The molecular weight excluding hydrogens is 421 g/mol. The van der Waals surface area contributed by atoms with Gasteiger partial charge in [-0.3, -0.25) is 9.47 Å². The molecule has 0 aliphatic heterocycles. The molecule has 0 radical (unpaired) electrons. The minimum Gasteiger partial charge on any atom is -0.461 e. The molecule has 7 nitrogen and oxygen atoms in total. The number of amides is 1. The van der Waals surface area contributed by atoms with Crippen LogP contribution in [0.3, 0.4) is 0 Å². The fourth-order valence-corrected chi connectivity index (χ4v) is 3.79. The summed E-state index contributed by atoms with van der Waals surface area (Å²) in [6, 6.07) is 12.2. The van der Waals surface area contributed by atoms with E-state index in [1.165, 1.54) is 11.8 Å². The van der Waals surface area contributed by atoms with Crippen molar-refractivity contribution in [2.45, 2.75) is 5.16 Å². The summed E-state index contributed by atoms with van der Waals surface area (Å²) in [6.07, 6.45) is 5.28. The quantitative estimate of drug-likeness (QED) is 0.446. The van der Waals surface area contributed by atoms with E-state index in [1.807, 2.05) is 29.2 Å². The largest absolute Gasteiger partial charge is 0.461 e. The third-order valence-corrected chi connectivity index (χ3v) is 5.01. The van der Waals surface area contributed by atoms with Crippen molar-refractivity contribution in [2.24, 2.45) is 0 Å². The highest BCUT2D eigenvalue weighted by atomic mass is 35.5. The van der Waals surface area contributed by atoms with Gasteiger partial charge in [0.2, 0.25) is 16.9 Å². The SMILES string of the molecule is O=C(CSc1nnc(-c2ccco2)n1-n1cccc1)Nc1cc(Cl)cc(Cl)c1. The van der Waals surface area contributed by atoms with Crippen LogP contribution < -0.4 is 5.32 Å². The molecular formula is C18H13Cl2N5O2S. The smallest absolute Gasteiger partial charge is 0.234 e. The van der Waals surface area contributed by atoms with Crippen molar-refractivity contribution in [2.75, 3.05) is 11.1 Å². The number of carbonyl (C=O) groups excluding carboxylic acids is 1. The molecule has 0 saturated heterocycles. The Hall–Kier alpha value is -2.68. The highest BCUT2D eigenvalue weighted by Gasteiger charge is 2.18. The Kier molecular flexibility index (Phi) is 5.43. The Balaban J connectivity index is 1.53. The molecule has 1 N–H and O–H groups in total. The Labute approximate surface area is 174 Å². The first-order valence-corrected chi connectivity index (χ1v) is 9.86. The maximum absolute atomic E-state index is 12.3. The molecule has 0 saturated carbocycles. The van der Waals surface area contributed by atoms with Crippen molar-refractivity contribution in [1.82, 2.24) is 19.5 Å². The van der Waals surface area contributed by atoms with Gasteiger partial charge in [-0.05, 0) is 42.5 Å². The number of benzene rings is 1. The van der Waals surface area contributed by atoms with Gasteiger partial charge in [-0.1, -0.05) is 35.0 Å². The molecule has 0 unspecified atom stereocenters. The van der Waals surface area contributed by atoms with E-state index in [9.17, 15) is 4.79 Å². The van der Waals surface area contributed by atoms with Crippen LogP contribution in [0.15, 0.2) is 70.7 Å². The zero-order chi connectivity index (χ0) is 19.5. The number of thioether (sulfide) groups is 1. The van der Waals surface area contributed by atoms with E-state index in [1.54, 1.807) is 41.3 Å². The fraction of sp³-hybridized carbons (Fsp3) is 0.0556. The summed E-state index contributed by atoms with van der Waals surface area (Å²) in [5.41, 5.74) is 0.534. The molecule has 1 aromatic carbocycles. The highest BCUT2D eigenvalue weighted by Crippen LogP contribution is 2.26. The van der Waals surface area contributed by atoms with E-state index in [0.717, 1.165) is 0 Å². The molecule has 0 spiro atoms. The second-order valence-electron chi connectivity index (χ2n) is 5.65. The molecule has 3 heterocycles. The minimum absolute atomic E-state index is 0.127. The van der Waals surface area contributed by atoms with Gasteiger partial charge in [-0.2, -0.15) is 0 Å². The molecule has 3 aromatic heterocycles. The van der Waals surface area contributed by atoms with Crippen molar-refractivity contribution in [3.8, 4) is 11.6 Å². The van der Waals surface area contributed by atoms with Crippen LogP contribution in [0.1, 0.15) is 0 Å². The van der Waals surface area contributed by atoms with Crippen LogP contribution in [0.2, 0.25) is 10.0 Å². The van der Waals surface area contributed by atoms with E-state index < -0.39 is 0 Å². The summed E-state index contributed by atoms with van der Waals surface area (Å²) in [5, 5.41) is 12.6. The summed E-state index contributed by atoms with van der Waals surface area (Å²) in [7, 11) is 0. The number of nitrogens with one attached hydrogen (secondary N) is 1. The molecule has 4 rings (SSSR count). The van der Waals surface area contributed by atoms with Gasteiger partial charge < -0.3 is 9.73 Å². The van der Waals surface area contributed by atoms with Crippen molar-refractivity contribution in [3.63, 3.8) is 0 Å². The molecule has 142 valence electrons. The third-order valence-electron chi connectivity index (χ3n) is 3.65. The molecule has 10 heteroatoms. The van der Waals surface area contributed by atoms with E-state index in [0.29, 0.717) is 32.5 Å². The monoisotopic (exact) mass is 433 g/mol. The number of nitrogens with zero attached hydrogens (tertiary/aromatic N) is 4. The second-order valence-corrected chi connectivity index (χ2v) is 7.47. The summed E-state index contributed by atoms with van der Waals surface area (Å²) in [6.45, 7) is 0. The number of carbonyl (C=O) groups is 1. The normalized spacial score (nSPS) is 10.9. The van der Waals surface area contributed by atoms with E-state index in [4.69, 9.17) is 27.6 Å². The highest BCUT2D eigenvalue weighted by molar-refractivity contribution is 7.99. The molecule has 0 fully saturated rings. The molecule has 0 aliphatic rings. The van der Waals surface area contributed by atoms with E-state index in [2.05, 4.69) is 15.5 Å². The molecule has 0 atom stereocenters. The zero-order valence-electron chi connectivity index (χ0n) is 14.3. The average Bonchev–Trinajstić information content (AvgIpc) is 3.38. The van der Waals surface area contributed by atoms with Crippen molar-refractivity contribution < 1.29 is 9.21 Å². The number of rotatable bonds is 6. The third kappa shape index (κ3) is 4.09. The van der Waals surface area contributed by atoms with Gasteiger partial charge in [0.1, 0.15) is 0 Å². The number of furan rings is 1. The Morgan fingerprint density at radius 2 is 1.86 bits per heavy atom. The van der Waals surface area contributed by atoms with Crippen LogP contribution in [0.4, 0.5) is 5.69 Å². The van der Waals surface area contributed by atoms with Gasteiger partial charge in [-0.25, -0.2) is 4.68 Å².